The van der Waals surface area contributed by atoms with Crippen LogP contribution >= 0.6 is 23.2 Å². The summed E-state index contributed by atoms with van der Waals surface area (Å²) in [6.07, 6.45) is 0.162. The number of nitro groups is 1. The highest BCUT2D eigenvalue weighted by atomic mass is 35.5. The molecule has 0 aliphatic carbocycles. The number of nitro benzene ring substituents is 1. The second-order valence-corrected chi connectivity index (χ2v) is 3.16. The van der Waals surface area contributed by atoms with Crippen molar-refractivity contribution in [3.8, 4) is 0 Å². The first kappa shape index (κ1) is 10.3. The molecule has 1 rings (SSSR count). The van der Waals surface area contributed by atoms with Gasteiger partial charge in [0.2, 0.25) is 0 Å². The smallest absolute Gasteiger partial charge is 0.258 e. The summed E-state index contributed by atoms with van der Waals surface area (Å²) in [6.45, 7) is 0. The van der Waals surface area contributed by atoms with Gasteiger partial charge in [-0.1, -0.05) is 29.5 Å². The molecule has 0 amide bonds. The van der Waals surface area contributed by atoms with E-state index in [0.29, 0.717) is 5.56 Å². The summed E-state index contributed by atoms with van der Waals surface area (Å²) >= 11 is 11.4. The molecule has 0 bridgehead atoms. The fourth-order valence-corrected chi connectivity index (χ4v) is 1.52. The molecule has 66 valence electrons. The Balaban J connectivity index is 3.28. The third kappa shape index (κ3) is 2.14. The first-order valence-corrected chi connectivity index (χ1v) is 4.14. The molecule has 1 aromatic carbocycles. The topological polar surface area (TPSA) is 43.1 Å². The van der Waals surface area contributed by atoms with E-state index in [0.717, 1.165) is 0 Å². The fraction of sp³-hybridized carbons (Fsp3) is 0.143. The predicted molar refractivity (Wildman–Crippen MR) is 52.6 cm³/mol. The average molecular weight is 216 g/mol. The second-order valence-electron chi connectivity index (χ2n) is 2.35. The average Bonchev–Trinajstić information content (AvgIpc) is 2.03. The third-order valence-electron chi connectivity index (χ3n) is 1.54. The molecule has 0 atom stereocenters. The second kappa shape index (κ2) is 3.98. The van der Waals surface area contributed by atoms with Gasteiger partial charge in [-0.2, -0.15) is 0 Å². The molecule has 0 saturated carbocycles. The van der Waals surface area contributed by atoms with Gasteiger partial charge in [0.15, 0.2) is 0 Å². The van der Waals surface area contributed by atoms with Crippen molar-refractivity contribution in [3.05, 3.63) is 37.9 Å². The van der Waals surface area contributed by atoms with Crippen molar-refractivity contribution in [1.82, 2.24) is 0 Å². The molecule has 0 heterocycles. The molecular weight excluding hydrogens is 212 g/mol. The lowest BCUT2D eigenvalue weighted by atomic mass is 9.97. The van der Waals surface area contributed by atoms with E-state index in [4.69, 9.17) is 31.0 Å². The van der Waals surface area contributed by atoms with Crippen LogP contribution in [0.25, 0.3) is 0 Å². The standard InChI is InChI=1S/C7H4BCl2NO2/c8-3-5-6(9)1-4(11(12)13)2-7(5)10/h1-2H,3H2. The quantitative estimate of drug-likeness (QED) is 0.433. The molecule has 0 N–H and O–H groups in total. The minimum atomic E-state index is -0.557. The monoisotopic (exact) mass is 215 g/mol. The Kier molecular flexibility index (Phi) is 3.17. The Bertz CT molecular complexity index is 333. The van der Waals surface area contributed by atoms with Gasteiger partial charge in [0, 0.05) is 12.1 Å². The minimum Gasteiger partial charge on any atom is -0.258 e. The fourth-order valence-electron chi connectivity index (χ4n) is 0.890. The molecular formula is C7H4BCl2NO2. The van der Waals surface area contributed by atoms with Crippen molar-refractivity contribution < 1.29 is 4.92 Å². The Labute approximate surface area is 86.2 Å². The van der Waals surface area contributed by atoms with Crippen LogP contribution in [0.15, 0.2) is 12.1 Å². The van der Waals surface area contributed by atoms with Gasteiger partial charge >= 0.3 is 0 Å². The van der Waals surface area contributed by atoms with Crippen LogP contribution in [0.3, 0.4) is 0 Å². The van der Waals surface area contributed by atoms with E-state index in [9.17, 15) is 10.1 Å². The van der Waals surface area contributed by atoms with Gasteiger partial charge in [0.25, 0.3) is 5.69 Å². The Morgan fingerprint density at radius 1 is 1.38 bits per heavy atom. The molecule has 1 aromatic rings. The van der Waals surface area contributed by atoms with Gasteiger partial charge in [0.05, 0.1) is 22.8 Å². The lowest BCUT2D eigenvalue weighted by molar-refractivity contribution is -0.384. The van der Waals surface area contributed by atoms with Crippen LogP contribution < -0.4 is 0 Å². The van der Waals surface area contributed by atoms with E-state index in [1.807, 2.05) is 0 Å². The first-order valence-electron chi connectivity index (χ1n) is 3.38. The van der Waals surface area contributed by atoms with E-state index < -0.39 is 4.92 Å². The first-order chi connectivity index (χ1) is 6.06. The summed E-state index contributed by atoms with van der Waals surface area (Å²) in [5, 5.41) is 10.8. The van der Waals surface area contributed by atoms with Crippen LogP contribution in [0.4, 0.5) is 5.69 Å². The highest BCUT2D eigenvalue weighted by Crippen LogP contribution is 2.29. The molecule has 0 unspecified atom stereocenters. The summed E-state index contributed by atoms with van der Waals surface area (Å²) < 4.78 is 0. The molecule has 0 aliphatic heterocycles. The maximum atomic E-state index is 10.4. The number of halogens is 2. The van der Waals surface area contributed by atoms with E-state index in [-0.39, 0.29) is 22.1 Å². The van der Waals surface area contributed by atoms with Crippen molar-refractivity contribution >= 4 is 36.7 Å². The van der Waals surface area contributed by atoms with E-state index >= 15 is 0 Å². The van der Waals surface area contributed by atoms with Crippen molar-refractivity contribution in [2.45, 2.75) is 6.32 Å². The lowest BCUT2D eigenvalue weighted by Crippen LogP contribution is -1.92. The van der Waals surface area contributed by atoms with Crippen LogP contribution in [-0.4, -0.2) is 12.8 Å². The van der Waals surface area contributed by atoms with Gasteiger partial charge < -0.3 is 0 Å². The largest absolute Gasteiger partial charge is 0.272 e. The van der Waals surface area contributed by atoms with Crippen molar-refractivity contribution in [3.63, 3.8) is 0 Å². The summed E-state index contributed by atoms with van der Waals surface area (Å²) in [5.74, 6) is 0. The normalized spacial score (nSPS) is 10.0. The van der Waals surface area contributed by atoms with Gasteiger partial charge in [-0.05, 0) is 5.56 Å². The number of hydrogen-bond acceptors (Lipinski definition) is 2. The number of hydrogen-bond donors (Lipinski definition) is 0. The van der Waals surface area contributed by atoms with Crippen LogP contribution in [-0.2, 0) is 6.32 Å². The van der Waals surface area contributed by atoms with Gasteiger partial charge in [-0.15, -0.1) is 0 Å². The molecule has 0 saturated heterocycles. The maximum absolute atomic E-state index is 10.4. The Hall–Kier alpha value is -0.735. The van der Waals surface area contributed by atoms with E-state index in [2.05, 4.69) is 0 Å². The van der Waals surface area contributed by atoms with Crippen molar-refractivity contribution in [2.24, 2.45) is 0 Å². The molecule has 0 fully saturated rings. The molecule has 3 nitrogen and oxygen atoms in total. The Morgan fingerprint density at radius 2 is 1.85 bits per heavy atom. The summed E-state index contributed by atoms with van der Waals surface area (Å²) in [6, 6.07) is 2.46. The molecule has 0 aliphatic rings. The molecule has 6 heteroatoms. The van der Waals surface area contributed by atoms with Crippen LogP contribution in [0.1, 0.15) is 5.56 Å². The number of nitrogens with zero attached hydrogens (tertiary/aromatic N) is 1. The van der Waals surface area contributed by atoms with E-state index in [1.54, 1.807) is 0 Å². The van der Waals surface area contributed by atoms with Gasteiger partial charge in [-0.3, -0.25) is 10.1 Å². The number of non-ortho nitro benzene ring substituents is 1. The zero-order valence-electron chi connectivity index (χ0n) is 6.46. The number of benzene rings is 1. The maximum Gasteiger partial charge on any atom is 0.272 e. The van der Waals surface area contributed by atoms with Crippen LogP contribution in [0, 0.1) is 10.1 Å². The molecule has 2 radical (unpaired) electrons. The van der Waals surface area contributed by atoms with Gasteiger partial charge in [-0.25, -0.2) is 0 Å². The van der Waals surface area contributed by atoms with Crippen molar-refractivity contribution in [1.29, 1.82) is 0 Å². The molecule has 0 aromatic heterocycles. The van der Waals surface area contributed by atoms with Crippen LogP contribution in [0.2, 0.25) is 10.0 Å². The lowest BCUT2D eigenvalue weighted by Gasteiger charge is -2.03. The third-order valence-corrected chi connectivity index (χ3v) is 2.22. The zero-order chi connectivity index (χ0) is 10.0. The summed E-state index contributed by atoms with van der Waals surface area (Å²) in [4.78, 5) is 9.80. The van der Waals surface area contributed by atoms with Crippen molar-refractivity contribution in [2.75, 3.05) is 0 Å². The van der Waals surface area contributed by atoms with Gasteiger partial charge in [0.1, 0.15) is 0 Å². The number of rotatable bonds is 2. The van der Waals surface area contributed by atoms with Crippen LogP contribution in [0.5, 0.6) is 0 Å². The minimum absolute atomic E-state index is 0.132. The molecule has 0 spiro atoms. The zero-order valence-corrected chi connectivity index (χ0v) is 7.97. The predicted octanol–water partition coefficient (Wildman–Crippen LogP) is 2.57. The summed E-state index contributed by atoms with van der Waals surface area (Å²) in [7, 11) is 5.34. The Morgan fingerprint density at radius 3 is 2.15 bits per heavy atom. The highest BCUT2D eigenvalue weighted by molar-refractivity contribution is 6.37. The highest BCUT2D eigenvalue weighted by Gasteiger charge is 2.12. The summed E-state index contributed by atoms with van der Waals surface area (Å²) in [5.41, 5.74) is 0.390. The SMILES string of the molecule is [B]Cc1c(Cl)cc([N+](=O)[O-])cc1Cl. The molecule has 13 heavy (non-hydrogen) atoms. The van der Waals surface area contributed by atoms with E-state index in [1.165, 1.54) is 12.1 Å².